The zero-order valence-electron chi connectivity index (χ0n) is 22.0. The number of aryl methyl sites for hydroxylation is 1. The second-order valence-electron chi connectivity index (χ2n) is 10.4. The highest BCUT2D eigenvalue weighted by atomic mass is 16.5. The number of benzene rings is 2. The summed E-state index contributed by atoms with van der Waals surface area (Å²) in [5.74, 6) is -0.866. The van der Waals surface area contributed by atoms with E-state index in [9.17, 15) is 14.7 Å². The van der Waals surface area contributed by atoms with Gasteiger partial charge in [0.05, 0.1) is 24.5 Å². The van der Waals surface area contributed by atoms with Crippen LogP contribution in [0, 0.1) is 0 Å². The van der Waals surface area contributed by atoms with Gasteiger partial charge in [0, 0.05) is 31.0 Å². The van der Waals surface area contributed by atoms with E-state index in [1.807, 2.05) is 48.0 Å². The predicted octanol–water partition coefficient (Wildman–Crippen LogP) is 5.48. The first-order valence-corrected chi connectivity index (χ1v) is 12.8. The van der Waals surface area contributed by atoms with Gasteiger partial charge in [0.1, 0.15) is 11.5 Å². The van der Waals surface area contributed by atoms with Crippen molar-refractivity contribution < 1.29 is 19.4 Å². The summed E-state index contributed by atoms with van der Waals surface area (Å²) in [7, 11) is 0. The van der Waals surface area contributed by atoms with Crippen LogP contribution in [0.1, 0.15) is 63.3 Å². The number of aromatic nitrogens is 2. The van der Waals surface area contributed by atoms with E-state index in [-0.39, 0.29) is 16.7 Å². The number of imidazole rings is 1. The molecule has 3 aromatic rings. The number of Topliss-reactive ketones (excluding diaryl/α,β-unsaturated/α-hetero) is 1. The lowest BCUT2D eigenvalue weighted by molar-refractivity contribution is -0.139. The highest BCUT2D eigenvalue weighted by Gasteiger charge is 2.45. The number of nitrogens with zero attached hydrogens (tertiary/aromatic N) is 3. The second-order valence-corrected chi connectivity index (χ2v) is 10.4. The number of ketones is 1. The van der Waals surface area contributed by atoms with E-state index < -0.39 is 17.7 Å². The lowest BCUT2D eigenvalue weighted by Crippen LogP contribution is -2.31. The molecule has 1 aliphatic rings. The summed E-state index contributed by atoms with van der Waals surface area (Å²) in [6.45, 7) is 10.0. The van der Waals surface area contributed by atoms with Gasteiger partial charge in [-0.2, -0.15) is 0 Å². The van der Waals surface area contributed by atoms with Gasteiger partial charge in [-0.05, 0) is 41.5 Å². The molecule has 4 rings (SSSR count). The third kappa shape index (κ3) is 5.77. The van der Waals surface area contributed by atoms with Crippen LogP contribution in [0.15, 0.2) is 72.8 Å². The van der Waals surface area contributed by atoms with Gasteiger partial charge < -0.3 is 19.3 Å². The molecule has 1 N–H and O–H groups in total. The summed E-state index contributed by atoms with van der Waals surface area (Å²) in [6, 6.07) is 14.3. The second kappa shape index (κ2) is 11.0. The van der Waals surface area contributed by atoms with Crippen molar-refractivity contribution in [1.29, 1.82) is 0 Å². The Morgan fingerprint density at radius 3 is 2.49 bits per heavy atom. The third-order valence-electron chi connectivity index (χ3n) is 6.59. The maximum Gasteiger partial charge on any atom is 0.295 e. The molecule has 1 aliphatic heterocycles. The molecule has 0 bridgehead atoms. The molecule has 194 valence electrons. The molecule has 7 heteroatoms. The van der Waals surface area contributed by atoms with Crippen LogP contribution in [0.4, 0.5) is 0 Å². The molecule has 0 spiro atoms. The number of hydrogen-bond donors (Lipinski definition) is 1. The van der Waals surface area contributed by atoms with Crippen LogP contribution in [0.25, 0.3) is 5.76 Å². The molecule has 1 unspecified atom stereocenters. The monoisotopic (exact) mass is 501 g/mol. The minimum Gasteiger partial charge on any atom is -0.507 e. The van der Waals surface area contributed by atoms with Gasteiger partial charge in [0.2, 0.25) is 0 Å². The number of likely N-dealkylation sites (tertiary alicyclic amines) is 1. The molecule has 0 saturated carbocycles. The van der Waals surface area contributed by atoms with Gasteiger partial charge in [0.15, 0.2) is 0 Å². The van der Waals surface area contributed by atoms with E-state index in [1.165, 1.54) is 0 Å². The number of carbonyl (C=O) groups excluding carboxylic acids is 2. The van der Waals surface area contributed by atoms with Crippen molar-refractivity contribution in [3.05, 3.63) is 89.5 Å². The topological polar surface area (TPSA) is 84.7 Å². The number of rotatable bonds is 9. The Hall–Kier alpha value is -3.87. The number of aliphatic hydroxyl groups excluding tert-OH is 1. The fraction of sp³-hybridized carbons (Fsp3) is 0.367. The fourth-order valence-corrected chi connectivity index (χ4v) is 4.57. The molecule has 0 aliphatic carbocycles. The molecule has 1 aromatic heterocycles. The van der Waals surface area contributed by atoms with Crippen LogP contribution >= 0.6 is 0 Å². The molecule has 1 amide bonds. The SMILES string of the molecule is CCCOc1cccc(C(O)=C2C(=O)C(=O)N(CCCn3ccnc3)C2c2ccc(C(C)(C)C)cc2)c1. The zero-order chi connectivity index (χ0) is 26.6. The molecule has 2 aromatic carbocycles. The minimum absolute atomic E-state index is 0.0376. The average Bonchev–Trinajstić information content (AvgIpc) is 3.49. The fourth-order valence-electron chi connectivity index (χ4n) is 4.57. The highest BCUT2D eigenvalue weighted by molar-refractivity contribution is 6.46. The molecule has 0 radical (unpaired) electrons. The third-order valence-corrected chi connectivity index (χ3v) is 6.59. The molecular weight excluding hydrogens is 466 g/mol. The summed E-state index contributed by atoms with van der Waals surface area (Å²) >= 11 is 0. The maximum absolute atomic E-state index is 13.3. The van der Waals surface area contributed by atoms with Crippen LogP contribution < -0.4 is 4.74 Å². The number of aliphatic hydroxyl groups is 1. The van der Waals surface area contributed by atoms with Gasteiger partial charge in [-0.1, -0.05) is 64.1 Å². The molecule has 2 heterocycles. The smallest absolute Gasteiger partial charge is 0.295 e. The Morgan fingerprint density at radius 1 is 1.08 bits per heavy atom. The molecule has 1 saturated heterocycles. The van der Waals surface area contributed by atoms with Crippen LogP contribution in [-0.2, 0) is 21.5 Å². The Balaban J connectivity index is 1.73. The van der Waals surface area contributed by atoms with Crippen molar-refractivity contribution in [3.63, 3.8) is 0 Å². The van der Waals surface area contributed by atoms with Gasteiger partial charge in [-0.15, -0.1) is 0 Å². The summed E-state index contributed by atoms with van der Waals surface area (Å²) in [4.78, 5) is 32.2. The molecular formula is C30H35N3O4. The van der Waals surface area contributed by atoms with Crippen molar-refractivity contribution in [2.75, 3.05) is 13.2 Å². The Morgan fingerprint density at radius 2 is 1.84 bits per heavy atom. The predicted molar refractivity (Wildman–Crippen MR) is 143 cm³/mol. The van der Waals surface area contributed by atoms with E-state index in [2.05, 4.69) is 25.8 Å². The molecule has 1 atom stereocenters. The van der Waals surface area contributed by atoms with Crippen LogP contribution in [0.2, 0.25) is 0 Å². The summed E-state index contributed by atoms with van der Waals surface area (Å²) < 4.78 is 7.66. The number of amides is 1. The van der Waals surface area contributed by atoms with E-state index in [0.29, 0.717) is 37.4 Å². The number of carbonyl (C=O) groups is 2. The first-order chi connectivity index (χ1) is 17.7. The van der Waals surface area contributed by atoms with Crippen molar-refractivity contribution in [2.45, 2.75) is 58.5 Å². The summed E-state index contributed by atoms with van der Waals surface area (Å²) in [6.07, 6.45) is 6.79. The van der Waals surface area contributed by atoms with Crippen LogP contribution in [0.5, 0.6) is 5.75 Å². The number of ether oxygens (including phenoxy) is 1. The standard InChI is InChI=1S/C30H35N3O4/c1-5-18-37-24-9-6-8-22(19-24)27(34)25-26(21-10-12-23(13-11-21)30(2,3)4)33(29(36)28(25)35)16-7-15-32-17-14-31-20-32/h6,8-14,17,19-20,26,34H,5,7,15-16,18H2,1-4H3. The van der Waals surface area contributed by atoms with Gasteiger partial charge in [-0.25, -0.2) is 4.98 Å². The normalized spacial score (nSPS) is 17.4. The van der Waals surface area contributed by atoms with Crippen molar-refractivity contribution in [2.24, 2.45) is 0 Å². The summed E-state index contributed by atoms with van der Waals surface area (Å²) in [5.41, 5.74) is 2.44. The van der Waals surface area contributed by atoms with Crippen LogP contribution in [0.3, 0.4) is 0 Å². The quantitative estimate of drug-likeness (QED) is 0.238. The largest absolute Gasteiger partial charge is 0.507 e. The van der Waals surface area contributed by atoms with Gasteiger partial charge in [0.25, 0.3) is 11.7 Å². The first-order valence-electron chi connectivity index (χ1n) is 12.8. The van der Waals surface area contributed by atoms with Gasteiger partial charge >= 0.3 is 0 Å². The Kier molecular flexibility index (Phi) is 7.81. The molecule has 7 nitrogen and oxygen atoms in total. The highest BCUT2D eigenvalue weighted by Crippen LogP contribution is 2.40. The van der Waals surface area contributed by atoms with E-state index in [4.69, 9.17) is 4.74 Å². The average molecular weight is 502 g/mol. The van der Waals surface area contributed by atoms with Gasteiger partial charge in [-0.3, -0.25) is 9.59 Å². The maximum atomic E-state index is 13.3. The summed E-state index contributed by atoms with van der Waals surface area (Å²) in [5, 5.41) is 11.4. The van der Waals surface area contributed by atoms with Crippen LogP contribution in [-0.4, -0.2) is 44.4 Å². The van der Waals surface area contributed by atoms with E-state index in [0.717, 1.165) is 17.5 Å². The van der Waals surface area contributed by atoms with E-state index in [1.54, 1.807) is 35.6 Å². The Labute approximate surface area is 218 Å². The van der Waals surface area contributed by atoms with Crippen molar-refractivity contribution in [3.8, 4) is 5.75 Å². The van der Waals surface area contributed by atoms with E-state index >= 15 is 0 Å². The lowest BCUT2D eigenvalue weighted by Gasteiger charge is -2.26. The lowest BCUT2D eigenvalue weighted by atomic mass is 9.85. The molecule has 37 heavy (non-hydrogen) atoms. The molecule has 1 fully saturated rings. The number of hydrogen-bond acceptors (Lipinski definition) is 5. The minimum atomic E-state index is -0.683. The zero-order valence-corrected chi connectivity index (χ0v) is 22.0. The Bertz CT molecular complexity index is 1270. The van der Waals surface area contributed by atoms with Crippen molar-refractivity contribution in [1.82, 2.24) is 14.5 Å². The van der Waals surface area contributed by atoms with Crippen molar-refractivity contribution >= 4 is 17.4 Å². The first kappa shape index (κ1) is 26.2.